The molecule has 1 aromatic rings. The summed E-state index contributed by atoms with van der Waals surface area (Å²) in [7, 11) is 0. The van der Waals surface area contributed by atoms with Crippen LogP contribution in [-0.4, -0.2) is 0 Å². The average molecular weight is 240 g/mol. The van der Waals surface area contributed by atoms with E-state index in [0.29, 0.717) is 12.0 Å². The standard InChI is InChI=1S/C8H8F2.C7H14/c1-2-6-3-4-7(9)5-8(6)10;1-2-7-5-3-4-6-7/h3-5H,2H2,1H3;7H,2-6H2,1H3. The molecule has 0 atom stereocenters. The van der Waals surface area contributed by atoms with Crippen LogP contribution in [0.4, 0.5) is 8.78 Å². The molecule has 0 saturated heterocycles. The molecule has 1 aromatic carbocycles. The third kappa shape index (κ3) is 4.84. The third-order valence-electron chi connectivity index (χ3n) is 3.45. The van der Waals surface area contributed by atoms with Crippen LogP contribution in [0.15, 0.2) is 18.2 Å². The second-order valence-electron chi connectivity index (χ2n) is 4.65. The Bertz CT molecular complexity index is 328. The zero-order valence-corrected chi connectivity index (χ0v) is 10.8. The number of benzene rings is 1. The molecule has 0 amide bonds. The quantitative estimate of drug-likeness (QED) is 0.673. The zero-order chi connectivity index (χ0) is 12.7. The Morgan fingerprint density at radius 3 is 2.18 bits per heavy atom. The lowest BCUT2D eigenvalue weighted by molar-refractivity contribution is 0.531. The van der Waals surface area contributed by atoms with Crippen molar-refractivity contribution < 1.29 is 8.78 Å². The van der Waals surface area contributed by atoms with E-state index in [1.54, 1.807) is 0 Å². The van der Waals surface area contributed by atoms with Crippen LogP contribution in [0.25, 0.3) is 0 Å². The molecule has 0 N–H and O–H groups in total. The number of aryl methyl sites for hydroxylation is 1. The first kappa shape index (κ1) is 14.1. The Morgan fingerprint density at radius 1 is 1.12 bits per heavy atom. The molecular weight excluding hydrogens is 218 g/mol. The molecule has 0 spiro atoms. The van der Waals surface area contributed by atoms with Gasteiger partial charge in [-0.15, -0.1) is 0 Å². The zero-order valence-electron chi connectivity index (χ0n) is 10.8. The van der Waals surface area contributed by atoms with E-state index in [2.05, 4.69) is 6.92 Å². The molecule has 2 heteroatoms. The molecule has 2 rings (SSSR count). The molecule has 1 aliphatic carbocycles. The maximum Gasteiger partial charge on any atom is 0.129 e. The molecular formula is C15H22F2. The van der Waals surface area contributed by atoms with Crippen LogP contribution in [0.5, 0.6) is 0 Å². The van der Waals surface area contributed by atoms with Crippen molar-refractivity contribution in [1.29, 1.82) is 0 Å². The van der Waals surface area contributed by atoms with Crippen molar-refractivity contribution in [3.05, 3.63) is 35.4 Å². The molecule has 0 bridgehead atoms. The molecule has 96 valence electrons. The highest BCUT2D eigenvalue weighted by molar-refractivity contribution is 5.17. The molecule has 0 nitrogen and oxygen atoms in total. The number of rotatable bonds is 2. The summed E-state index contributed by atoms with van der Waals surface area (Å²) in [5.41, 5.74) is 0.557. The lowest BCUT2D eigenvalue weighted by Crippen LogP contribution is -1.87. The molecule has 0 aromatic heterocycles. The fourth-order valence-corrected chi connectivity index (χ4v) is 2.23. The highest BCUT2D eigenvalue weighted by atomic mass is 19.1. The SMILES string of the molecule is CCC1CCCC1.CCc1ccc(F)cc1F. The van der Waals surface area contributed by atoms with Gasteiger partial charge in [0.05, 0.1) is 0 Å². The lowest BCUT2D eigenvalue weighted by atomic mass is 10.1. The van der Waals surface area contributed by atoms with E-state index < -0.39 is 11.6 Å². The van der Waals surface area contributed by atoms with Crippen molar-refractivity contribution in [2.45, 2.75) is 52.4 Å². The predicted molar refractivity (Wildman–Crippen MR) is 68.0 cm³/mol. The largest absolute Gasteiger partial charge is 0.207 e. The second kappa shape index (κ2) is 7.41. The summed E-state index contributed by atoms with van der Waals surface area (Å²) in [6.07, 6.45) is 8.04. The number of hydrogen-bond acceptors (Lipinski definition) is 0. The van der Waals surface area contributed by atoms with Crippen LogP contribution >= 0.6 is 0 Å². The Hall–Kier alpha value is -0.920. The van der Waals surface area contributed by atoms with Gasteiger partial charge in [-0.05, 0) is 24.0 Å². The highest BCUT2D eigenvalue weighted by Crippen LogP contribution is 2.26. The second-order valence-corrected chi connectivity index (χ2v) is 4.65. The Kier molecular flexibility index (Phi) is 6.17. The van der Waals surface area contributed by atoms with Crippen molar-refractivity contribution in [2.24, 2.45) is 5.92 Å². The van der Waals surface area contributed by atoms with Crippen molar-refractivity contribution in [3.8, 4) is 0 Å². The summed E-state index contributed by atoms with van der Waals surface area (Å²) < 4.78 is 24.9. The van der Waals surface area contributed by atoms with Gasteiger partial charge in [0.25, 0.3) is 0 Å². The van der Waals surface area contributed by atoms with Crippen molar-refractivity contribution in [2.75, 3.05) is 0 Å². The van der Waals surface area contributed by atoms with Gasteiger partial charge in [-0.25, -0.2) is 8.78 Å². The molecule has 0 radical (unpaired) electrons. The summed E-state index contributed by atoms with van der Waals surface area (Å²) in [4.78, 5) is 0. The van der Waals surface area contributed by atoms with E-state index in [0.717, 1.165) is 12.0 Å². The molecule has 1 aliphatic rings. The first-order valence-electron chi connectivity index (χ1n) is 6.61. The van der Waals surface area contributed by atoms with E-state index in [1.165, 1.54) is 44.2 Å². The molecule has 17 heavy (non-hydrogen) atoms. The minimum Gasteiger partial charge on any atom is -0.207 e. The lowest BCUT2D eigenvalue weighted by Gasteiger charge is -1.99. The van der Waals surface area contributed by atoms with Gasteiger partial charge < -0.3 is 0 Å². The molecule has 0 aliphatic heterocycles. The third-order valence-corrected chi connectivity index (χ3v) is 3.45. The van der Waals surface area contributed by atoms with Crippen molar-refractivity contribution in [1.82, 2.24) is 0 Å². The first-order chi connectivity index (χ1) is 8.17. The summed E-state index contributed by atoms with van der Waals surface area (Å²) in [5, 5.41) is 0. The van der Waals surface area contributed by atoms with Gasteiger partial charge in [0.15, 0.2) is 0 Å². The van der Waals surface area contributed by atoms with Gasteiger partial charge >= 0.3 is 0 Å². The maximum absolute atomic E-state index is 12.6. The smallest absolute Gasteiger partial charge is 0.129 e. The van der Waals surface area contributed by atoms with Crippen LogP contribution in [-0.2, 0) is 6.42 Å². The summed E-state index contributed by atoms with van der Waals surface area (Å²) >= 11 is 0. The van der Waals surface area contributed by atoms with Crippen LogP contribution < -0.4 is 0 Å². The minimum atomic E-state index is -0.519. The molecule has 0 heterocycles. The van der Waals surface area contributed by atoms with Gasteiger partial charge in [-0.1, -0.05) is 52.0 Å². The van der Waals surface area contributed by atoms with Crippen LogP contribution in [0.2, 0.25) is 0 Å². The molecule has 1 fully saturated rings. The summed E-state index contributed by atoms with van der Waals surface area (Å²) in [6.45, 7) is 4.13. The first-order valence-corrected chi connectivity index (χ1v) is 6.61. The van der Waals surface area contributed by atoms with Gasteiger partial charge in [-0.2, -0.15) is 0 Å². The van der Waals surface area contributed by atoms with E-state index in [-0.39, 0.29) is 0 Å². The number of halogens is 2. The van der Waals surface area contributed by atoms with Gasteiger partial charge in [-0.3, -0.25) is 0 Å². The Morgan fingerprint density at radius 2 is 1.76 bits per heavy atom. The van der Waals surface area contributed by atoms with Crippen LogP contribution in [0, 0.1) is 17.6 Å². The predicted octanol–water partition coefficient (Wildman–Crippen LogP) is 5.11. The Balaban J connectivity index is 0.000000181. The van der Waals surface area contributed by atoms with Gasteiger partial charge in [0, 0.05) is 6.07 Å². The fraction of sp³-hybridized carbons (Fsp3) is 0.600. The van der Waals surface area contributed by atoms with Gasteiger partial charge in [0.2, 0.25) is 0 Å². The van der Waals surface area contributed by atoms with Crippen LogP contribution in [0.3, 0.4) is 0 Å². The normalized spacial score (nSPS) is 15.5. The summed E-state index contributed by atoms with van der Waals surface area (Å²) in [5.74, 6) is 0.122. The van der Waals surface area contributed by atoms with Crippen molar-refractivity contribution in [3.63, 3.8) is 0 Å². The topological polar surface area (TPSA) is 0 Å². The van der Waals surface area contributed by atoms with E-state index >= 15 is 0 Å². The molecule has 0 unspecified atom stereocenters. The van der Waals surface area contributed by atoms with E-state index in [9.17, 15) is 8.78 Å². The van der Waals surface area contributed by atoms with E-state index in [1.807, 2.05) is 6.92 Å². The van der Waals surface area contributed by atoms with Gasteiger partial charge in [0.1, 0.15) is 11.6 Å². The maximum atomic E-state index is 12.6. The monoisotopic (exact) mass is 240 g/mol. The Labute approximate surface area is 103 Å². The van der Waals surface area contributed by atoms with E-state index in [4.69, 9.17) is 0 Å². The summed E-state index contributed by atoms with van der Waals surface area (Å²) in [6, 6.07) is 3.63. The van der Waals surface area contributed by atoms with Crippen molar-refractivity contribution >= 4 is 0 Å². The fourth-order valence-electron chi connectivity index (χ4n) is 2.23. The average Bonchev–Trinajstić information content (AvgIpc) is 2.83. The highest BCUT2D eigenvalue weighted by Gasteiger charge is 2.11. The van der Waals surface area contributed by atoms with Crippen LogP contribution in [0.1, 0.15) is 51.5 Å². The number of hydrogen-bond donors (Lipinski definition) is 0. The molecule has 1 saturated carbocycles. The minimum absolute atomic E-state index is 0.456.